The number of carbonyl (C=O) groups is 2. The van der Waals surface area contributed by atoms with Crippen molar-refractivity contribution in [3.05, 3.63) is 53.3 Å². The molecule has 2 aromatic carbocycles. The summed E-state index contributed by atoms with van der Waals surface area (Å²) in [5, 5.41) is 2.85. The highest BCUT2D eigenvalue weighted by atomic mass is 35.5. The number of rotatable bonds is 6. The van der Waals surface area contributed by atoms with Crippen LogP contribution in [0.1, 0.15) is 25.7 Å². The molecule has 2 aliphatic rings. The number of halogens is 2. The highest BCUT2D eigenvalue weighted by molar-refractivity contribution is 6.31. The smallest absolute Gasteiger partial charge is 0.316 e. The molecule has 2 atom stereocenters. The van der Waals surface area contributed by atoms with Crippen molar-refractivity contribution < 1.29 is 23.5 Å². The van der Waals surface area contributed by atoms with E-state index in [-0.39, 0.29) is 36.5 Å². The Morgan fingerprint density at radius 2 is 1.81 bits per heavy atom. The molecule has 0 spiro atoms. The van der Waals surface area contributed by atoms with Crippen LogP contribution in [0.25, 0.3) is 0 Å². The van der Waals surface area contributed by atoms with Gasteiger partial charge in [0.05, 0.1) is 5.69 Å². The van der Waals surface area contributed by atoms with E-state index in [4.69, 9.17) is 26.8 Å². The standard InChI is InChI=1S/C22H23ClFN3O4/c23-13-1-8-20(19(9-13)26-22(25)29)30-12-21(28)27-15-4-5-16(27)11-18(10-15)31-17-6-2-14(24)3-7-17/h1-3,6-9,15-16,18H,4-5,10-12H2,(H3,25,26,29). The normalized spacial score (nSPS) is 22.1. The number of anilines is 1. The van der Waals surface area contributed by atoms with Gasteiger partial charge < -0.3 is 25.4 Å². The fourth-order valence-corrected chi connectivity index (χ4v) is 4.58. The summed E-state index contributed by atoms with van der Waals surface area (Å²) in [5.41, 5.74) is 5.49. The lowest BCUT2D eigenvalue weighted by atomic mass is 9.99. The number of nitrogens with zero attached hydrogens (tertiary/aromatic N) is 1. The van der Waals surface area contributed by atoms with Gasteiger partial charge in [0.15, 0.2) is 6.61 Å². The molecule has 0 aliphatic carbocycles. The molecular weight excluding hydrogens is 425 g/mol. The number of ether oxygens (including phenoxy) is 2. The maximum absolute atomic E-state index is 13.1. The van der Waals surface area contributed by atoms with E-state index in [0.717, 1.165) is 25.7 Å². The summed E-state index contributed by atoms with van der Waals surface area (Å²) in [6.07, 6.45) is 3.24. The summed E-state index contributed by atoms with van der Waals surface area (Å²) in [4.78, 5) is 26.0. The second-order valence-corrected chi connectivity index (χ2v) is 8.21. The zero-order chi connectivity index (χ0) is 22.0. The average Bonchev–Trinajstić information content (AvgIpc) is 2.99. The van der Waals surface area contributed by atoms with Crippen LogP contribution in [0.5, 0.6) is 11.5 Å². The Labute approximate surface area is 184 Å². The van der Waals surface area contributed by atoms with Gasteiger partial charge in [-0.1, -0.05) is 11.6 Å². The molecule has 2 aliphatic heterocycles. The van der Waals surface area contributed by atoms with Crippen molar-refractivity contribution in [2.45, 2.75) is 43.9 Å². The van der Waals surface area contributed by atoms with Crippen molar-refractivity contribution in [1.29, 1.82) is 0 Å². The number of piperidine rings is 1. The molecule has 0 aromatic heterocycles. The first-order valence-corrected chi connectivity index (χ1v) is 10.5. The fraction of sp³-hybridized carbons (Fsp3) is 0.364. The molecule has 0 radical (unpaired) electrons. The SMILES string of the molecule is NC(=O)Nc1cc(Cl)ccc1OCC(=O)N1C2CCC1CC(Oc1ccc(F)cc1)C2. The van der Waals surface area contributed by atoms with Crippen molar-refractivity contribution in [2.24, 2.45) is 5.73 Å². The number of hydrogen-bond acceptors (Lipinski definition) is 4. The molecule has 2 aromatic rings. The number of benzene rings is 2. The van der Waals surface area contributed by atoms with E-state index < -0.39 is 6.03 Å². The van der Waals surface area contributed by atoms with E-state index in [2.05, 4.69) is 5.32 Å². The van der Waals surface area contributed by atoms with Crippen molar-refractivity contribution in [3.8, 4) is 11.5 Å². The first kappa shape index (κ1) is 21.2. The third kappa shape index (κ3) is 5.02. The third-order valence-corrected chi connectivity index (χ3v) is 5.88. The molecule has 2 unspecified atom stereocenters. The van der Waals surface area contributed by atoms with Gasteiger partial charge in [0.25, 0.3) is 5.91 Å². The summed E-state index contributed by atoms with van der Waals surface area (Å²) in [5.74, 6) is 0.528. The minimum absolute atomic E-state index is 0.0180. The quantitative estimate of drug-likeness (QED) is 0.701. The van der Waals surface area contributed by atoms with Crippen LogP contribution in [0, 0.1) is 5.82 Å². The molecule has 0 saturated carbocycles. The first-order chi connectivity index (χ1) is 14.9. The van der Waals surface area contributed by atoms with E-state index in [1.807, 2.05) is 4.90 Å². The molecule has 31 heavy (non-hydrogen) atoms. The number of nitrogens with two attached hydrogens (primary N) is 1. The van der Waals surface area contributed by atoms with Crippen molar-refractivity contribution >= 4 is 29.2 Å². The van der Waals surface area contributed by atoms with E-state index in [0.29, 0.717) is 22.2 Å². The molecule has 2 bridgehead atoms. The average molecular weight is 448 g/mol. The van der Waals surface area contributed by atoms with Gasteiger partial charge in [0, 0.05) is 29.9 Å². The van der Waals surface area contributed by atoms with Crippen LogP contribution >= 0.6 is 11.6 Å². The highest BCUT2D eigenvalue weighted by Crippen LogP contribution is 2.37. The summed E-state index contributed by atoms with van der Waals surface area (Å²) in [6.45, 7) is -0.161. The molecule has 9 heteroatoms. The monoisotopic (exact) mass is 447 g/mol. The number of urea groups is 1. The zero-order valence-electron chi connectivity index (χ0n) is 16.7. The lowest BCUT2D eigenvalue weighted by molar-refractivity contribution is -0.139. The molecule has 164 valence electrons. The number of nitrogens with one attached hydrogen (secondary N) is 1. The Morgan fingerprint density at radius 1 is 1.13 bits per heavy atom. The third-order valence-electron chi connectivity index (χ3n) is 5.64. The van der Waals surface area contributed by atoms with Crippen molar-refractivity contribution in [2.75, 3.05) is 11.9 Å². The van der Waals surface area contributed by atoms with Gasteiger partial charge in [-0.3, -0.25) is 4.79 Å². The van der Waals surface area contributed by atoms with Gasteiger partial charge in [-0.15, -0.1) is 0 Å². The second kappa shape index (κ2) is 9.01. The van der Waals surface area contributed by atoms with E-state index in [9.17, 15) is 14.0 Å². The van der Waals surface area contributed by atoms with Gasteiger partial charge in [-0.25, -0.2) is 9.18 Å². The number of fused-ring (bicyclic) bond motifs is 2. The Hall–Kier alpha value is -3.00. The molecule has 2 fully saturated rings. The topological polar surface area (TPSA) is 93.9 Å². The lowest BCUT2D eigenvalue weighted by Gasteiger charge is -2.38. The molecule has 7 nitrogen and oxygen atoms in total. The van der Waals surface area contributed by atoms with E-state index in [1.165, 1.54) is 18.2 Å². The van der Waals surface area contributed by atoms with Crippen LogP contribution in [0.3, 0.4) is 0 Å². The minimum Gasteiger partial charge on any atom is -0.490 e. The maximum atomic E-state index is 13.1. The second-order valence-electron chi connectivity index (χ2n) is 7.77. The van der Waals surface area contributed by atoms with Crippen LogP contribution in [0.2, 0.25) is 5.02 Å². The predicted octanol–water partition coefficient (Wildman–Crippen LogP) is 3.95. The Kier molecular flexibility index (Phi) is 6.18. The first-order valence-electron chi connectivity index (χ1n) is 10.1. The Morgan fingerprint density at radius 3 is 2.45 bits per heavy atom. The Balaban J connectivity index is 1.36. The summed E-state index contributed by atoms with van der Waals surface area (Å²) in [7, 11) is 0. The van der Waals surface area contributed by atoms with Gasteiger partial charge in [0.1, 0.15) is 23.4 Å². The van der Waals surface area contributed by atoms with Crippen molar-refractivity contribution in [1.82, 2.24) is 4.90 Å². The number of amides is 3. The van der Waals surface area contributed by atoms with Gasteiger partial charge >= 0.3 is 6.03 Å². The Bertz CT molecular complexity index is 958. The van der Waals surface area contributed by atoms with Crippen LogP contribution in [-0.2, 0) is 4.79 Å². The lowest BCUT2D eigenvalue weighted by Crippen LogP contribution is -2.50. The van der Waals surface area contributed by atoms with E-state index in [1.54, 1.807) is 24.3 Å². The van der Waals surface area contributed by atoms with Crippen LogP contribution in [0.4, 0.5) is 14.9 Å². The highest BCUT2D eigenvalue weighted by Gasteiger charge is 2.44. The molecule has 3 N–H and O–H groups in total. The van der Waals surface area contributed by atoms with Crippen LogP contribution in [-0.4, -0.2) is 41.6 Å². The maximum Gasteiger partial charge on any atom is 0.316 e. The fourth-order valence-electron chi connectivity index (χ4n) is 4.41. The largest absolute Gasteiger partial charge is 0.490 e. The zero-order valence-corrected chi connectivity index (χ0v) is 17.5. The van der Waals surface area contributed by atoms with Gasteiger partial charge in [0.2, 0.25) is 0 Å². The molecular formula is C22H23ClFN3O4. The minimum atomic E-state index is -0.750. The number of hydrogen-bond donors (Lipinski definition) is 2. The summed E-state index contributed by atoms with van der Waals surface area (Å²) >= 11 is 5.96. The number of primary amides is 1. The molecule has 2 saturated heterocycles. The van der Waals surface area contributed by atoms with E-state index >= 15 is 0 Å². The van der Waals surface area contributed by atoms with Crippen molar-refractivity contribution in [3.63, 3.8) is 0 Å². The van der Waals surface area contributed by atoms with Crippen LogP contribution < -0.4 is 20.5 Å². The van der Waals surface area contributed by atoms with Gasteiger partial charge in [-0.2, -0.15) is 0 Å². The summed E-state index contributed by atoms with van der Waals surface area (Å²) < 4.78 is 24.8. The number of carbonyl (C=O) groups excluding carboxylic acids is 2. The molecule has 3 amide bonds. The molecule has 4 rings (SSSR count). The predicted molar refractivity (Wildman–Crippen MR) is 114 cm³/mol. The van der Waals surface area contributed by atoms with Gasteiger partial charge in [-0.05, 0) is 55.3 Å². The van der Waals surface area contributed by atoms with Crippen LogP contribution in [0.15, 0.2) is 42.5 Å². The molecule has 2 heterocycles. The summed E-state index contributed by atoms with van der Waals surface area (Å²) in [6, 6.07) is 10.1.